The zero-order valence-electron chi connectivity index (χ0n) is 10.8. The van der Waals surface area contributed by atoms with E-state index in [1.807, 2.05) is 13.0 Å². The van der Waals surface area contributed by atoms with Crippen molar-refractivity contribution in [3.63, 3.8) is 0 Å². The zero-order chi connectivity index (χ0) is 12.1. The second kappa shape index (κ2) is 5.89. The molecule has 0 heterocycles. The standard InChI is InChI=1S/C14H24O/c1-7-13(8-2)14(6,11(3)4)10-9-12(5)15/h9-10,13H,3,7-8H2,1-2,4-6H3/b10-9-. The highest BCUT2D eigenvalue weighted by atomic mass is 16.1. The lowest BCUT2D eigenvalue weighted by Crippen LogP contribution is -2.25. The van der Waals surface area contributed by atoms with Crippen molar-refractivity contribution in [1.29, 1.82) is 0 Å². The fourth-order valence-electron chi connectivity index (χ4n) is 2.05. The van der Waals surface area contributed by atoms with Crippen LogP contribution in [0.1, 0.15) is 47.5 Å². The Morgan fingerprint density at radius 3 is 2.07 bits per heavy atom. The van der Waals surface area contributed by atoms with Crippen LogP contribution in [0.3, 0.4) is 0 Å². The Kier molecular flexibility index (Phi) is 5.56. The third kappa shape index (κ3) is 3.65. The molecule has 0 N–H and O–H groups in total. The van der Waals surface area contributed by atoms with Crippen molar-refractivity contribution < 1.29 is 4.79 Å². The smallest absolute Gasteiger partial charge is 0.152 e. The van der Waals surface area contributed by atoms with Gasteiger partial charge in [0.1, 0.15) is 0 Å². The first-order valence-corrected chi connectivity index (χ1v) is 5.74. The molecule has 0 saturated heterocycles. The molecule has 0 aliphatic heterocycles. The van der Waals surface area contributed by atoms with E-state index in [9.17, 15) is 4.79 Å². The molecule has 0 saturated carbocycles. The van der Waals surface area contributed by atoms with Gasteiger partial charge < -0.3 is 0 Å². The molecule has 1 heteroatoms. The molecular weight excluding hydrogens is 184 g/mol. The van der Waals surface area contributed by atoms with Crippen molar-refractivity contribution in [3.05, 3.63) is 24.3 Å². The van der Waals surface area contributed by atoms with Gasteiger partial charge in [-0.15, -0.1) is 0 Å². The first-order valence-electron chi connectivity index (χ1n) is 5.74. The summed E-state index contributed by atoms with van der Waals surface area (Å²) in [5, 5.41) is 0. The molecule has 1 atom stereocenters. The molecule has 1 nitrogen and oxygen atoms in total. The number of hydrogen-bond donors (Lipinski definition) is 0. The van der Waals surface area contributed by atoms with Gasteiger partial charge in [0.25, 0.3) is 0 Å². The molecule has 0 fully saturated rings. The number of carbonyl (C=O) groups excluding carboxylic acids is 1. The molecule has 0 aliphatic carbocycles. The van der Waals surface area contributed by atoms with Gasteiger partial charge in [0.05, 0.1) is 0 Å². The molecule has 0 aromatic rings. The van der Waals surface area contributed by atoms with Crippen molar-refractivity contribution in [2.45, 2.75) is 47.5 Å². The summed E-state index contributed by atoms with van der Waals surface area (Å²) in [6, 6.07) is 0. The average Bonchev–Trinajstić information content (AvgIpc) is 2.16. The van der Waals surface area contributed by atoms with Crippen LogP contribution in [0.5, 0.6) is 0 Å². The van der Waals surface area contributed by atoms with E-state index in [4.69, 9.17) is 0 Å². The summed E-state index contributed by atoms with van der Waals surface area (Å²) in [5.74, 6) is 0.666. The number of allylic oxidation sites excluding steroid dienone is 3. The van der Waals surface area contributed by atoms with Crippen molar-refractivity contribution in [2.75, 3.05) is 0 Å². The minimum absolute atomic E-state index is 0.0465. The largest absolute Gasteiger partial charge is 0.295 e. The van der Waals surface area contributed by atoms with E-state index < -0.39 is 0 Å². The molecule has 0 aromatic carbocycles. The van der Waals surface area contributed by atoms with E-state index >= 15 is 0 Å². The molecule has 0 aromatic heterocycles. The lowest BCUT2D eigenvalue weighted by molar-refractivity contribution is -0.112. The lowest BCUT2D eigenvalue weighted by Gasteiger charge is -2.35. The molecule has 0 amide bonds. The summed E-state index contributed by atoms with van der Waals surface area (Å²) in [5.41, 5.74) is 1.09. The fourth-order valence-corrected chi connectivity index (χ4v) is 2.05. The number of carbonyl (C=O) groups is 1. The van der Waals surface area contributed by atoms with Crippen LogP contribution < -0.4 is 0 Å². The van der Waals surface area contributed by atoms with Crippen LogP contribution in [-0.2, 0) is 4.79 Å². The molecule has 0 radical (unpaired) electrons. The molecule has 0 aliphatic rings. The van der Waals surface area contributed by atoms with Gasteiger partial charge in [0.15, 0.2) is 5.78 Å². The Balaban J connectivity index is 5.04. The molecule has 0 bridgehead atoms. The maximum absolute atomic E-state index is 11.0. The number of hydrogen-bond acceptors (Lipinski definition) is 1. The van der Waals surface area contributed by atoms with Crippen molar-refractivity contribution >= 4 is 5.78 Å². The van der Waals surface area contributed by atoms with Gasteiger partial charge in [-0.2, -0.15) is 0 Å². The number of ketones is 1. The third-order valence-electron chi connectivity index (χ3n) is 3.42. The Morgan fingerprint density at radius 2 is 1.80 bits per heavy atom. The monoisotopic (exact) mass is 208 g/mol. The summed E-state index contributed by atoms with van der Waals surface area (Å²) in [4.78, 5) is 11.0. The van der Waals surface area contributed by atoms with E-state index in [0.717, 1.165) is 18.4 Å². The van der Waals surface area contributed by atoms with Gasteiger partial charge in [-0.1, -0.05) is 51.8 Å². The van der Waals surface area contributed by atoms with Crippen LogP contribution in [0.15, 0.2) is 24.3 Å². The van der Waals surface area contributed by atoms with E-state index in [0.29, 0.717) is 5.92 Å². The molecule has 1 unspecified atom stereocenters. The van der Waals surface area contributed by atoms with E-state index in [1.165, 1.54) is 0 Å². The van der Waals surface area contributed by atoms with Crippen LogP contribution in [-0.4, -0.2) is 5.78 Å². The Bertz CT molecular complexity index is 259. The van der Waals surface area contributed by atoms with Gasteiger partial charge in [0.2, 0.25) is 0 Å². The highest BCUT2D eigenvalue weighted by molar-refractivity contribution is 5.87. The topological polar surface area (TPSA) is 17.1 Å². The average molecular weight is 208 g/mol. The van der Waals surface area contributed by atoms with Crippen molar-refractivity contribution in [1.82, 2.24) is 0 Å². The molecule has 86 valence electrons. The number of rotatable bonds is 6. The first-order chi connectivity index (χ1) is 6.88. The van der Waals surface area contributed by atoms with Crippen LogP contribution in [0.4, 0.5) is 0 Å². The van der Waals surface area contributed by atoms with Crippen LogP contribution in [0, 0.1) is 11.3 Å². The maximum Gasteiger partial charge on any atom is 0.152 e. The van der Waals surface area contributed by atoms with E-state index in [2.05, 4.69) is 27.4 Å². The van der Waals surface area contributed by atoms with Crippen LogP contribution in [0.2, 0.25) is 0 Å². The molecule has 15 heavy (non-hydrogen) atoms. The third-order valence-corrected chi connectivity index (χ3v) is 3.42. The van der Waals surface area contributed by atoms with E-state index in [-0.39, 0.29) is 11.2 Å². The Hall–Kier alpha value is -0.850. The summed E-state index contributed by atoms with van der Waals surface area (Å²) in [6.45, 7) is 14.2. The minimum atomic E-state index is -0.0465. The normalized spacial score (nSPS) is 15.6. The SMILES string of the molecule is C=C(C)C(C)(/C=C\C(C)=O)C(CC)CC. The summed E-state index contributed by atoms with van der Waals surface area (Å²) >= 11 is 0. The Morgan fingerprint density at radius 1 is 1.33 bits per heavy atom. The minimum Gasteiger partial charge on any atom is -0.295 e. The van der Waals surface area contributed by atoms with Gasteiger partial charge >= 0.3 is 0 Å². The predicted octanol–water partition coefficient (Wildman–Crippen LogP) is 4.15. The van der Waals surface area contributed by atoms with Gasteiger partial charge in [-0.3, -0.25) is 4.79 Å². The van der Waals surface area contributed by atoms with Gasteiger partial charge in [-0.05, 0) is 25.8 Å². The zero-order valence-corrected chi connectivity index (χ0v) is 10.8. The second-order valence-corrected chi connectivity index (χ2v) is 4.52. The van der Waals surface area contributed by atoms with Gasteiger partial charge in [0, 0.05) is 5.41 Å². The quantitative estimate of drug-likeness (QED) is 0.473. The van der Waals surface area contributed by atoms with Crippen LogP contribution in [0.25, 0.3) is 0 Å². The summed E-state index contributed by atoms with van der Waals surface area (Å²) in [6.07, 6.45) is 5.92. The maximum atomic E-state index is 11.0. The highest BCUT2D eigenvalue weighted by Crippen LogP contribution is 2.39. The molecule has 0 rings (SSSR count). The lowest BCUT2D eigenvalue weighted by atomic mass is 9.69. The highest BCUT2D eigenvalue weighted by Gasteiger charge is 2.29. The second-order valence-electron chi connectivity index (χ2n) is 4.52. The van der Waals surface area contributed by atoms with Crippen molar-refractivity contribution in [3.8, 4) is 0 Å². The first kappa shape index (κ1) is 14.2. The van der Waals surface area contributed by atoms with Crippen LogP contribution >= 0.6 is 0 Å². The fraction of sp³-hybridized carbons (Fsp3) is 0.643. The van der Waals surface area contributed by atoms with E-state index in [1.54, 1.807) is 13.0 Å². The predicted molar refractivity (Wildman–Crippen MR) is 66.8 cm³/mol. The summed E-state index contributed by atoms with van der Waals surface area (Å²) in [7, 11) is 0. The van der Waals surface area contributed by atoms with Gasteiger partial charge in [-0.25, -0.2) is 0 Å². The summed E-state index contributed by atoms with van der Waals surface area (Å²) < 4.78 is 0. The molecular formula is C14H24O. The van der Waals surface area contributed by atoms with Crippen molar-refractivity contribution in [2.24, 2.45) is 11.3 Å². The Labute approximate surface area is 94.3 Å². The molecule has 0 spiro atoms.